The molecule has 0 saturated carbocycles. The molecule has 5 heteroatoms. The van der Waals surface area contributed by atoms with Crippen LogP contribution < -0.4 is 0 Å². The molecule has 1 N–H and O–H groups in total. The highest BCUT2D eigenvalue weighted by Crippen LogP contribution is 2.25. The molecule has 2 heterocycles. The lowest BCUT2D eigenvalue weighted by Gasteiger charge is -2.28. The van der Waals surface area contributed by atoms with E-state index < -0.39 is 5.60 Å². The molecule has 3 rings (SSSR count). The molecule has 2 aliphatic heterocycles. The predicted molar refractivity (Wildman–Crippen MR) is 86.5 cm³/mol. The second-order valence-corrected chi connectivity index (χ2v) is 6.86. The predicted octanol–water partition coefficient (Wildman–Crippen LogP) is 1.82. The lowest BCUT2D eigenvalue weighted by molar-refractivity contribution is -0.131. The van der Waals surface area contributed by atoms with Crippen molar-refractivity contribution >= 4 is 5.91 Å². The van der Waals surface area contributed by atoms with Crippen LogP contribution in [0.15, 0.2) is 24.3 Å². The Morgan fingerprint density at radius 2 is 1.96 bits per heavy atom. The summed E-state index contributed by atoms with van der Waals surface area (Å²) in [5.41, 5.74) is -0.203. The Morgan fingerprint density at radius 1 is 1.22 bits per heavy atom. The first-order valence-corrected chi connectivity index (χ1v) is 8.52. The van der Waals surface area contributed by atoms with E-state index in [-0.39, 0.29) is 11.7 Å². The normalized spacial score (nSPS) is 25.2. The van der Waals surface area contributed by atoms with Gasteiger partial charge in [0, 0.05) is 19.5 Å². The smallest absolute Gasteiger partial charge is 0.223 e. The number of hydrogen-bond acceptors (Lipinski definition) is 3. The maximum atomic E-state index is 13.6. The summed E-state index contributed by atoms with van der Waals surface area (Å²) in [4.78, 5) is 16.4. The largest absolute Gasteiger partial charge is 0.387 e. The Hall–Kier alpha value is -1.46. The van der Waals surface area contributed by atoms with E-state index in [1.54, 1.807) is 23.1 Å². The first-order chi connectivity index (χ1) is 11.1. The van der Waals surface area contributed by atoms with Gasteiger partial charge in [0.2, 0.25) is 5.91 Å². The zero-order chi connectivity index (χ0) is 16.3. The fourth-order valence-corrected chi connectivity index (χ4v) is 3.66. The molecule has 1 amide bonds. The number of carbonyl (C=O) groups excluding carboxylic acids is 1. The van der Waals surface area contributed by atoms with E-state index in [1.165, 1.54) is 18.9 Å². The van der Waals surface area contributed by atoms with E-state index in [9.17, 15) is 14.3 Å². The number of aliphatic hydroxyl groups is 1. The van der Waals surface area contributed by atoms with E-state index in [4.69, 9.17) is 0 Å². The fraction of sp³-hybridized carbons (Fsp3) is 0.611. The molecule has 1 aromatic carbocycles. The molecule has 0 radical (unpaired) electrons. The Balaban J connectivity index is 1.50. The van der Waals surface area contributed by atoms with Crippen LogP contribution >= 0.6 is 0 Å². The van der Waals surface area contributed by atoms with Gasteiger partial charge in [0.15, 0.2) is 0 Å². The van der Waals surface area contributed by atoms with Crippen molar-refractivity contribution in [2.24, 2.45) is 0 Å². The maximum Gasteiger partial charge on any atom is 0.223 e. The lowest BCUT2D eigenvalue weighted by atomic mass is 10.0. The minimum absolute atomic E-state index is 0.00519. The topological polar surface area (TPSA) is 43.8 Å². The third-order valence-corrected chi connectivity index (χ3v) is 4.97. The van der Waals surface area contributed by atoms with Gasteiger partial charge < -0.3 is 14.9 Å². The summed E-state index contributed by atoms with van der Waals surface area (Å²) >= 11 is 0. The summed E-state index contributed by atoms with van der Waals surface area (Å²) in [6.45, 7) is 3.75. The molecule has 0 aromatic heterocycles. The van der Waals surface area contributed by atoms with Gasteiger partial charge in [0.1, 0.15) is 5.82 Å². The Kier molecular flexibility index (Phi) is 4.97. The summed E-state index contributed by atoms with van der Waals surface area (Å²) < 4.78 is 13.6. The molecule has 0 aliphatic carbocycles. The number of halogens is 1. The van der Waals surface area contributed by atoms with Gasteiger partial charge in [-0.05, 0) is 50.4 Å². The van der Waals surface area contributed by atoms with Gasteiger partial charge in [-0.15, -0.1) is 0 Å². The van der Waals surface area contributed by atoms with E-state index in [0.717, 1.165) is 13.1 Å². The number of hydrogen-bond donors (Lipinski definition) is 1. The number of aryl methyl sites for hydroxylation is 1. The monoisotopic (exact) mass is 320 g/mol. The highest BCUT2D eigenvalue weighted by molar-refractivity contribution is 5.77. The number of benzene rings is 1. The maximum absolute atomic E-state index is 13.6. The number of nitrogens with zero attached hydrogens (tertiary/aromatic N) is 2. The van der Waals surface area contributed by atoms with Crippen LogP contribution in [0.4, 0.5) is 4.39 Å². The molecule has 1 aromatic rings. The van der Waals surface area contributed by atoms with Gasteiger partial charge in [0.25, 0.3) is 0 Å². The summed E-state index contributed by atoms with van der Waals surface area (Å²) in [5, 5.41) is 10.7. The van der Waals surface area contributed by atoms with Gasteiger partial charge >= 0.3 is 0 Å². The zero-order valence-electron chi connectivity index (χ0n) is 13.5. The minimum atomic E-state index is -0.780. The molecule has 2 aliphatic rings. The minimum Gasteiger partial charge on any atom is -0.387 e. The van der Waals surface area contributed by atoms with Gasteiger partial charge in [-0.2, -0.15) is 0 Å². The molecule has 0 bridgehead atoms. The molecule has 1 atom stereocenters. The first kappa shape index (κ1) is 16.4. The Bertz CT molecular complexity index is 560. The Labute approximate surface area is 136 Å². The molecule has 4 nitrogen and oxygen atoms in total. The number of rotatable bonds is 5. The quantitative estimate of drug-likeness (QED) is 0.900. The van der Waals surface area contributed by atoms with Crippen molar-refractivity contribution in [3.05, 3.63) is 35.6 Å². The molecular formula is C18H25FN2O2. The summed E-state index contributed by atoms with van der Waals surface area (Å²) in [6.07, 6.45) is 3.73. The summed E-state index contributed by atoms with van der Waals surface area (Å²) in [5.74, 6) is -0.252. The van der Waals surface area contributed by atoms with Crippen LogP contribution in [0.2, 0.25) is 0 Å². The molecule has 2 saturated heterocycles. The van der Waals surface area contributed by atoms with Crippen LogP contribution in [0.3, 0.4) is 0 Å². The molecule has 2 fully saturated rings. The highest BCUT2D eigenvalue weighted by atomic mass is 19.1. The molecule has 1 unspecified atom stereocenters. The van der Waals surface area contributed by atoms with E-state index in [0.29, 0.717) is 44.5 Å². The standard InChI is InChI=1S/C18H25FN2O2/c19-16-6-2-1-5-15(16)7-8-17(22)21-12-9-18(23,14-21)13-20-10-3-4-11-20/h1-2,5-6,23H,3-4,7-14H2. The molecule has 23 heavy (non-hydrogen) atoms. The van der Waals surface area contributed by atoms with E-state index >= 15 is 0 Å². The van der Waals surface area contributed by atoms with Crippen LogP contribution in [0.5, 0.6) is 0 Å². The first-order valence-electron chi connectivity index (χ1n) is 8.52. The number of likely N-dealkylation sites (tertiary alicyclic amines) is 2. The third kappa shape index (κ3) is 4.09. The van der Waals surface area contributed by atoms with Gasteiger partial charge in [-0.1, -0.05) is 18.2 Å². The van der Waals surface area contributed by atoms with Crippen molar-refractivity contribution in [3.63, 3.8) is 0 Å². The highest BCUT2D eigenvalue weighted by Gasteiger charge is 2.39. The van der Waals surface area contributed by atoms with Crippen molar-refractivity contribution in [3.8, 4) is 0 Å². The summed E-state index contributed by atoms with van der Waals surface area (Å²) in [6, 6.07) is 6.58. The lowest BCUT2D eigenvalue weighted by Crippen LogP contribution is -2.45. The fourth-order valence-electron chi connectivity index (χ4n) is 3.66. The van der Waals surface area contributed by atoms with Crippen LogP contribution in [0.1, 0.15) is 31.2 Å². The summed E-state index contributed by atoms with van der Waals surface area (Å²) in [7, 11) is 0. The van der Waals surface area contributed by atoms with Crippen LogP contribution in [-0.4, -0.2) is 59.1 Å². The number of β-amino-alcohol motifs (C(OH)–C–C–N with tert-alkyl or cyclic N) is 1. The van der Waals surface area contributed by atoms with E-state index in [2.05, 4.69) is 4.90 Å². The van der Waals surface area contributed by atoms with Gasteiger partial charge in [-0.3, -0.25) is 4.79 Å². The number of carbonyl (C=O) groups is 1. The SMILES string of the molecule is O=C(CCc1ccccc1F)N1CCC(O)(CN2CCCC2)C1. The molecular weight excluding hydrogens is 295 g/mol. The number of amides is 1. The Morgan fingerprint density at radius 3 is 2.70 bits per heavy atom. The second-order valence-electron chi connectivity index (χ2n) is 6.86. The van der Waals surface area contributed by atoms with Crippen molar-refractivity contribution in [2.45, 2.75) is 37.7 Å². The van der Waals surface area contributed by atoms with Crippen molar-refractivity contribution < 1.29 is 14.3 Å². The van der Waals surface area contributed by atoms with Crippen molar-refractivity contribution in [2.75, 3.05) is 32.7 Å². The second kappa shape index (κ2) is 6.97. The molecule has 0 spiro atoms. The van der Waals surface area contributed by atoms with Crippen LogP contribution in [0, 0.1) is 5.82 Å². The third-order valence-electron chi connectivity index (χ3n) is 4.97. The van der Waals surface area contributed by atoms with Crippen molar-refractivity contribution in [1.82, 2.24) is 9.80 Å². The van der Waals surface area contributed by atoms with Crippen molar-refractivity contribution in [1.29, 1.82) is 0 Å². The van der Waals surface area contributed by atoms with Gasteiger partial charge in [-0.25, -0.2) is 4.39 Å². The average molecular weight is 320 g/mol. The average Bonchev–Trinajstić information content (AvgIpc) is 3.16. The molecule has 126 valence electrons. The zero-order valence-corrected chi connectivity index (χ0v) is 13.5. The van der Waals surface area contributed by atoms with E-state index in [1.807, 2.05) is 0 Å². The van der Waals surface area contributed by atoms with Crippen LogP contribution in [0.25, 0.3) is 0 Å². The van der Waals surface area contributed by atoms with Gasteiger partial charge in [0.05, 0.1) is 12.1 Å². The van der Waals surface area contributed by atoms with Crippen LogP contribution in [-0.2, 0) is 11.2 Å².